The van der Waals surface area contributed by atoms with Gasteiger partial charge in [-0.3, -0.25) is 4.90 Å². The lowest BCUT2D eigenvalue weighted by Gasteiger charge is -2.40. The molecule has 0 saturated carbocycles. The maximum absolute atomic E-state index is 13.3. The molecule has 0 aliphatic carbocycles. The van der Waals surface area contributed by atoms with Crippen molar-refractivity contribution in [3.63, 3.8) is 0 Å². The number of nitrogens with zero attached hydrogens (tertiary/aromatic N) is 6. The van der Waals surface area contributed by atoms with Crippen molar-refractivity contribution in [1.82, 2.24) is 25.1 Å². The van der Waals surface area contributed by atoms with Gasteiger partial charge in [-0.2, -0.15) is 0 Å². The number of benzene rings is 2. The number of halogens is 1. The molecule has 0 N–H and O–H groups in total. The summed E-state index contributed by atoms with van der Waals surface area (Å²) in [4.78, 5) is 5.00. The molecule has 1 aliphatic rings. The molecule has 0 amide bonds. The van der Waals surface area contributed by atoms with Gasteiger partial charge in [0.1, 0.15) is 5.82 Å². The van der Waals surface area contributed by atoms with E-state index in [1.165, 1.54) is 28.9 Å². The third-order valence-electron chi connectivity index (χ3n) is 6.34. The van der Waals surface area contributed by atoms with Gasteiger partial charge < -0.3 is 4.90 Å². The lowest BCUT2D eigenvalue weighted by atomic mass is 10.1. The second kappa shape index (κ2) is 9.56. The van der Waals surface area contributed by atoms with Crippen LogP contribution in [0.4, 0.5) is 10.1 Å². The lowest BCUT2D eigenvalue weighted by Crippen LogP contribution is -2.48. The molecule has 0 bridgehead atoms. The van der Waals surface area contributed by atoms with Crippen LogP contribution in [0.25, 0.3) is 0 Å². The van der Waals surface area contributed by atoms with E-state index in [1.54, 1.807) is 12.1 Å². The zero-order valence-corrected chi connectivity index (χ0v) is 18.6. The molecule has 0 spiro atoms. The molecule has 0 unspecified atom stereocenters. The van der Waals surface area contributed by atoms with E-state index in [4.69, 9.17) is 0 Å². The van der Waals surface area contributed by atoms with Gasteiger partial charge in [-0.05, 0) is 65.6 Å². The second-order valence-corrected chi connectivity index (χ2v) is 8.37. The molecule has 1 aromatic heterocycles. The molecular formula is C24H31FN6. The fourth-order valence-electron chi connectivity index (χ4n) is 4.43. The average Bonchev–Trinajstić information content (AvgIpc) is 3.23. The minimum absolute atomic E-state index is 0.182. The van der Waals surface area contributed by atoms with Gasteiger partial charge in [0.05, 0.1) is 12.6 Å². The third kappa shape index (κ3) is 4.77. The van der Waals surface area contributed by atoms with Crippen LogP contribution in [-0.4, -0.2) is 51.3 Å². The Balaban J connectivity index is 1.48. The normalized spacial score (nSPS) is 15.9. The van der Waals surface area contributed by atoms with Gasteiger partial charge >= 0.3 is 0 Å². The van der Waals surface area contributed by atoms with Crippen LogP contribution >= 0.6 is 0 Å². The number of aryl methyl sites for hydroxylation is 1. The monoisotopic (exact) mass is 422 g/mol. The molecule has 1 saturated heterocycles. The van der Waals surface area contributed by atoms with Crippen molar-refractivity contribution >= 4 is 5.69 Å². The van der Waals surface area contributed by atoms with Crippen molar-refractivity contribution < 1.29 is 4.39 Å². The Hall–Kier alpha value is -2.80. The van der Waals surface area contributed by atoms with Crippen molar-refractivity contribution in [3.05, 3.63) is 70.8 Å². The van der Waals surface area contributed by atoms with Gasteiger partial charge in [-0.25, -0.2) is 9.07 Å². The SMILES string of the molecule is CCC[C@H](c1nnnn1Cc1ccc(F)cc1)N1CCN(c2cccc(C)c2C)CC1. The van der Waals surface area contributed by atoms with Gasteiger partial charge in [-0.1, -0.05) is 37.6 Å². The van der Waals surface area contributed by atoms with Crippen LogP contribution in [0.3, 0.4) is 0 Å². The molecule has 1 atom stereocenters. The zero-order valence-electron chi connectivity index (χ0n) is 18.6. The Bertz CT molecular complexity index is 992. The number of hydrogen-bond acceptors (Lipinski definition) is 5. The summed E-state index contributed by atoms with van der Waals surface area (Å²) in [5.41, 5.74) is 5.03. The molecule has 1 aliphatic heterocycles. The topological polar surface area (TPSA) is 50.1 Å². The maximum atomic E-state index is 13.3. The highest BCUT2D eigenvalue weighted by Gasteiger charge is 2.29. The minimum atomic E-state index is -0.230. The van der Waals surface area contributed by atoms with Crippen molar-refractivity contribution in [3.8, 4) is 0 Å². The molecule has 164 valence electrons. The molecule has 0 radical (unpaired) electrons. The quantitative estimate of drug-likeness (QED) is 0.573. The number of rotatable bonds is 7. The Labute approximate surface area is 183 Å². The first-order valence-electron chi connectivity index (χ1n) is 11.1. The first kappa shape index (κ1) is 21.4. The minimum Gasteiger partial charge on any atom is -0.369 e. The molecule has 3 aromatic rings. The Morgan fingerprint density at radius 2 is 1.74 bits per heavy atom. The van der Waals surface area contributed by atoms with E-state index >= 15 is 0 Å². The van der Waals surface area contributed by atoms with E-state index < -0.39 is 0 Å². The van der Waals surface area contributed by atoms with E-state index in [2.05, 4.69) is 64.3 Å². The van der Waals surface area contributed by atoms with Crippen molar-refractivity contribution in [1.29, 1.82) is 0 Å². The Kier molecular flexibility index (Phi) is 6.61. The van der Waals surface area contributed by atoms with Crippen LogP contribution in [0.2, 0.25) is 0 Å². The summed E-state index contributed by atoms with van der Waals surface area (Å²) in [5.74, 6) is 0.664. The molecular weight excluding hydrogens is 391 g/mol. The predicted octanol–water partition coefficient (Wildman–Crippen LogP) is 4.14. The van der Waals surface area contributed by atoms with Crippen LogP contribution < -0.4 is 4.90 Å². The highest BCUT2D eigenvalue weighted by molar-refractivity contribution is 5.56. The molecule has 2 heterocycles. The molecule has 2 aromatic carbocycles. The van der Waals surface area contributed by atoms with Crippen LogP contribution in [0.5, 0.6) is 0 Å². The summed E-state index contributed by atoms with van der Waals surface area (Å²) < 4.78 is 15.1. The van der Waals surface area contributed by atoms with Crippen LogP contribution in [0, 0.1) is 19.7 Å². The van der Waals surface area contributed by atoms with Gasteiger partial charge in [0.2, 0.25) is 0 Å². The highest BCUT2D eigenvalue weighted by atomic mass is 19.1. The summed E-state index contributed by atoms with van der Waals surface area (Å²) in [6.07, 6.45) is 2.07. The molecule has 31 heavy (non-hydrogen) atoms. The maximum Gasteiger partial charge on any atom is 0.168 e. The van der Waals surface area contributed by atoms with Crippen LogP contribution in [0.1, 0.15) is 48.3 Å². The molecule has 1 fully saturated rings. The van der Waals surface area contributed by atoms with E-state index in [9.17, 15) is 4.39 Å². The predicted molar refractivity (Wildman–Crippen MR) is 121 cm³/mol. The van der Waals surface area contributed by atoms with Gasteiger partial charge in [0.25, 0.3) is 0 Å². The molecule has 7 heteroatoms. The van der Waals surface area contributed by atoms with E-state index in [-0.39, 0.29) is 11.9 Å². The third-order valence-corrected chi connectivity index (χ3v) is 6.34. The van der Waals surface area contributed by atoms with Gasteiger partial charge in [0.15, 0.2) is 5.82 Å². The van der Waals surface area contributed by atoms with Crippen molar-refractivity contribution in [2.24, 2.45) is 0 Å². The lowest BCUT2D eigenvalue weighted by molar-refractivity contribution is 0.164. The number of hydrogen-bond donors (Lipinski definition) is 0. The van der Waals surface area contributed by atoms with Crippen molar-refractivity contribution in [2.75, 3.05) is 31.1 Å². The average molecular weight is 423 g/mol. The zero-order chi connectivity index (χ0) is 21.8. The van der Waals surface area contributed by atoms with E-state index in [0.717, 1.165) is 50.4 Å². The number of tetrazole rings is 1. The first-order chi connectivity index (χ1) is 15.1. The molecule has 4 rings (SSSR count). The fraction of sp³-hybridized carbons (Fsp3) is 0.458. The summed E-state index contributed by atoms with van der Waals surface area (Å²) in [6.45, 7) is 11.1. The highest BCUT2D eigenvalue weighted by Crippen LogP contribution is 2.29. The standard InChI is InChI=1S/C24H31FN6/c1-4-6-23(24-26-27-28-31(24)17-20-9-11-21(25)12-10-20)30-15-13-29(14-16-30)22-8-5-7-18(2)19(22)3/h5,7-12,23H,4,6,13-17H2,1-3H3/t23-/m1/s1. The first-order valence-corrected chi connectivity index (χ1v) is 11.1. The van der Waals surface area contributed by atoms with Gasteiger partial charge in [0, 0.05) is 31.9 Å². The van der Waals surface area contributed by atoms with Crippen molar-refractivity contribution in [2.45, 2.75) is 46.2 Å². The summed E-state index contributed by atoms with van der Waals surface area (Å²) in [6, 6.07) is 13.3. The van der Waals surface area contributed by atoms with Crippen LogP contribution in [0.15, 0.2) is 42.5 Å². The van der Waals surface area contributed by atoms with Gasteiger partial charge in [-0.15, -0.1) is 5.10 Å². The Morgan fingerprint density at radius 3 is 2.45 bits per heavy atom. The largest absolute Gasteiger partial charge is 0.369 e. The number of piperazine rings is 1. The summed E-state index contributed by atoms with van der Waals surface area (Å²) >= 11 is 0. The van der Waals surface area contributed by atoms with E-state index in [0.29, 0.717) is 6.54 Å². The molecule has 6 nitrogen and oxygen atoms in total. The fourth-order valence-corrected chi connectivity index (χ4v) is 4.43. The van der Waals surface area contributed by atoms with Crippen LogP contribution in [-0.2, 0) is 6.54 Å². The summed E-state index contributed by atoms with van der Waals surface area (Å²) in [7, 11) is 0. The second-order valence-electron chi connectivity index (χ2n) is 8.37. The summed E-state index contributed by atoms with van der Waals surface area (Å²) in [5, 5.41) is 12.6. The van der Waals surface area contributed by atoms with E-state index in [1.807, 2.05) is 4.68 Å². The number of aromatic nitrogens is 4. The number of anilines is 1. The Morgan fingerprint density at radius 1 is 1.00 bits per heavy atom. The smallest absolute Gasteiger partial charge is 0.168 e.